The predicted molar refractivity (Wildman–Crippen MR) is 49.1 cm³/mol. The average molecular weight is 172 g/mol. The summed E-state index contributed by atoms with van der Waals surface area (Å²) in [6, 6.07) is 0. The number of methoxy groups -OCH3 is 1. The number of aliphatic hydroxyl groups excluding tert-OH is 1. The standard InChI is InChI=1S/C10H20O2/c1-10(2,12-3)8-6-4-5-7-9(8)11/h8-9,11H,4-7H2,1-3H3. The number of hydrogen-bond donors (Lipinski definition) is 1. The van der Waals surface area contributed by atoms with Crippen LogP contribution in [-0.4, -0.2) is 23.9 Å². The van der Waals surface area contributed by atoms with E-state index in [2.05, 4.69) is 13.8 Å². The molecular formula is C10H20O2. The lowest BCUT2D eigenvalue weighted by Crippen LogP contribution is -2.42. The number of aliphatic hydroxyl groups is 1. The SMILES string of the molecule is COC(C)(C)C1CCCCC1O. The van der Waals surface area contributed by atoms with Gasteiger partial charge in [-0.3, -0.25) is 0 Å². The summed E-state index contributed by atoms with van der Waals surface area (Å²) in [7, 11) is 1.72. The number of hydrogen-bond acceptors (Lipinski definition) is 2. The fraction of sp³-hybridized carbons (Fsp3) is 1.00. The van der Waals surface area contributed by atoms with Crippen LogP contribution in [0.15, 0.2) is 0 Å². The van der Waals surface area contributed by atoms with E-state index in [1.54, 1.807) is 7.11 Å². The number of ether oxygens (including phenoxy) is 1. The van der Waals surface area contributed by atoms with Crippen LogP contribution in [0.3, 0.4) is 0 Å². The molecule has 2 unspecified atom stereocenters. The molecule has 2 atom stereocenters. The average Bonchev–Trinajstić information content (AvgIpc) is 2.05. The van der Waals surface area contributed by atoms with Crippen LogP contribution in [0.1, 0.15) is 39.5 Å². The molecule has 12 heavy (non-hydrogen) atoms. The third kappa shape index (κ3) is 1.99. The van der Waals surface area contributed by atoms with Gasteiger partial charge in [0.25, 0.3) is 0 Å². The highest BCUT2D eigenvalue weighted by molar-refractivity contribution is 4.87. The minimum absolute atomic E-state index is 0.159. The fourth-order valence-corrected chi connectivity index (χ4v) is 2.07. The lowest BCUT2D eigenvalue weighted by Gasteiger charge is -2.39. The second kappa shape index (κ2) is 3.75. The van der Waals surface area contributed by atoms with Gasteiger partial charge in [0.15, 0.2) is 0 Å². The van der Waals surface area contributed by atoms with E-state index < -0.39 is 0 Å². The monoisotopic (exact) mass is 172 g/mol. The van der Waals surface area contributed by atoms with E-state index in [1.807, 2.05) is 0 Å². The van der Waals surface area contributed by atoms with E-state index in [9.17, 15) is 5.11 Å². The Bertz CT molecular complexity index is 143. The van der Waals surface area contributed by atoms with Gasteiger partial charge in [-0.2, -0.15) is 0 Å². The first-order valence-corrected chi connectivity index (χ1v) is 4.81. The van der Waals surface area contributed by atoms with Crippen molar-refractivity contribution in [1.82, 2.24) is 0 Å². The van der Waals surface area contributed by atoms with Gasteiger partial charge >= 0.3 is 0 Å². The Morgan fingerprint density at radius 1 is 1.25 bits per heavy atom. The first kappa shape index (κ1) is 10.0. The Morgan fingerprint density at radius 3 is 2.33 bits per heavy atom. The molecule has 0 aromatic heterocycles. The van der Waals surface area contributed by atoms with Crippen molar-refractivity contribution in [2.75, 3.05) is 7.11 Å². The highest BCUT2D eigenvalue weighted by atomic mass is 16.5. The summed E-state index contributed by atoms with van der Waals surface area (Å²) in [5.74, 6) is 0.316. The van der Waals surface area contributed by atoms with Crippen molar-refractivity contribution < 1.29 is 9.84 Å². The maximum Gasteiger partial charge on any atom is 0.0675 e. The second-order valence-electron chi connectivity index (χ2n) is 4.27. The molecule has 1 saturated carbocycles. The van der Waals surface area contributed by atoms with E-state index in [-0.39, 0.29) is 11.7 Å². The van der Waals surface area contributed by atoms with E-state index in [0.717, 1.165) is 19.3 Å². The molecule has 1 fully saturated rings. The third-order valence-electron chi connectivity index (χ3n) is 3.15. The molecule has 1 aliphatic carbocycles. The van der Waals surface area contributed by atoms with Crippen LogP contribution >= 0.6 is 0 Å². The topological polar surface area (TPSA) is 29.5 Å². The van der Waals surface area contributed by atoms with Gasteiger partial charge < -0.3 is 9.84 Å². The third-order valence-corrected chi connectivity index (χ3v) is 3.15. The largest absolute Gasteiger partial charge is 0.393 e. The molecule has 72 valence electrons. The van der Waals surface area contributed by atoms with Crippen LogP contribution in [0.2, 0.25) is 0 Å². The molecule has 2 heteroatoms. The highest BCUT2D eigenvalue weighted by Crippen LogP contribution is 2.34. The van der Waals surface area contributed by atoms with Crippen molar-refractivity contribution in [1.29, 1.82) is 0 Å². The first-order chi connectivity index (χ1) is 5.58. The zero-order valence-corrected chi connectivity index (χ0v) is 8.34. The maximum absolute atomic E-state index is 9.76. The molecule has 0 radical (unpaired) electrons. The second-order valence-corrected chi connectivity index (χ2v) is 4.27. The van der Waals surface area contributed by atoms with Crippen molar-refractivity contribution in [2.45, 2.75) is 51.2 Å². The predicted octanol–water partition coefficient (Wildman–Crippen LogP) is 1.96. The van der Waals surface area contributed by atoms with Gasteiger partial charge in [0.1, 0.15) is 0 Å². The molecule has 0 bridgehead atoms. The minimum Gasteiger partial charge on any atom is -0.393 e. The Kier molecular flexibility index (Phi) is 3.13. The van der Waals surface area contributed by atoms with Crippen LogP contribution < -0.4 is 0 Å². The quantitative estimate of drug-likeness (QED) is 0.690. The van der Waals surface area contributed by atoms with Gasteiger partial charge in [0, 0.05) is 13.0 Å². The van der Waals surface area contributed by atoms with Gasteiger partial charge in [-0.05, 0) is 26.7 Å². The zero-order valence-electron chi connectivity index (χ0n) is 8.34. The molecule has 0 aromatic carbocycles. The van der Waals surface area contributed by atoms with Crippen molar-refractivity contribution in [2.24, 2.45) is 5.92 Å². The summed E-state index contributed by atoms with van der Waals surface area (Å²) in [4.78, 5) is 0. The normalized spacial score (nSPS) is 32.0. The van der Waals surface area contributed by atoms with E-state index in [4.69, 9.17) is 4.74 Å². The van der Waals surface area contributed by atoms with E-state index in [0.29, 0.717) is 5.92 Å². The zero-order chi connectivity index (χ0) is 9.19. The summed E-state index contributed by atoms with van der Waals surface area (Å²) < 4.78 is 5.39. The lowest BCUT2D eigenvalue weighted by molar-refractivity contribution is -0.0890. The van der Waals surface area contributed by atoms with E-state index >= 15 is 0 Å². The smallest absolute Gasteiger partial charge is 0.0675 e. The van der Waals surface area contributed by atoms with Gasteiger partial charge in [0.2, 0.25) is 0 Å². The molecule has 0 amide bonds. The Labute approximate surface area is 74.9 Å². The summed E-state index contributed by atoms with van der Waals surface area (Å²) in [5, 5.41) is 9.76. The van der Waals surface area contributed by atoms with Gasteiger partial charge in [-0.25, -0.2) is 0 Å². The minimum atomic E-state index is -0.167. The highest BCUT2D eigenvalue weighted by Gasteiger charge is 2.36. The van der Waals surface area contributed by atoms with Gasteiger partial charge in [-0.1, -0.05) is 12.8 Å². The molecule has 2 nitrogen and oxygen atoms in total. The van der Waals surface area contributed by atoms with Crippen LogP contribution in [0, 0.1) is 5.92 Å². The van der Waals surface area contributed by atoms with Gasteiger partial charge in [0.05, 0.1) is 11.7 Å². The number of rotatable bonds is 2. The first-order valence-electron chi connectivity index (χ1n) is 4.81. The molecule has 0 aromatic rings. The maximum atomic E-state index is 9.76. The van der Waals surface area contributed by atoms with Crippen molar-refractivity contribution >= 4 is 0 Å². The van der Waals surface area contributed by atoms with Crippen molar-refractivity contribution in [3.63, 3.8) is 0 Å². The van der Waals surface area contributed by atoms with Crippen LogP contribution in [0.5, 0.6) is 0 Å². The Hall–Kier alpha value is -0.0800. The summed E-state index contributed by atoms with van der Waals surface area (Å²) in [6.07, 6.45) is 4.28. The summed E-state index contributed by atoms with van der Waals surface area (Å²) in [6.45, 7) is 4.12. The lowest BCUT2D eigenvalue weighted by atomic mass is 9.77. The Morgan fingerprint density at radius 2 is 1.83 bits per heavy atom. The fourth-order valence-electron chi connectivity index (χ4n) is 2.07. The van der Waals surface area contributed by atoms with Crippen molar-refractivity contribution in [3.05, 3.63) is 0 Å². The van der Waals surface area contributed by atoms with E-state index in [1.165, 1.54) is 6.42 Å². The van der Waals surface area contributed by atoms with Crippen LogP contribution in [0.4, 0.5) is 0 Å². The Balaban J connectivity index is 2.58. The molecule has 0 saturated heterocycles. The van der Waals surface area contributed by atoms with Crippen LogP contribution in [0.25, 0.3) is 0 Å². The van der Waals surface area contributed by atoms with Crippen LogP contribution in [-0.2, 0) is 4.74 Å². The molecule has 0 aliphatic heterocycles. The molecule has 0 heterocycles. The van der Waals surface area contributed by atoms with Gasteiger partial charge in [-0.15, -0.1) is 0 Å². The summed E-state index contributed by atoms with van der Waals surface area (Å²) >= 11 is 0. The molecule has 1 aliphatic rings. The summed E-state index contributed by atoms with van der Waals surface area (Å²) in [5.41, 5.74) is -0.167. The molecular weight excluding hydrogens is 152 g/mol. The molecule has 0 spiro atoms. The van der Waals surface area contributed by atoms with Crippen molar-refractivity contribution in [3.8, 4) is 0 Å². The molecule has 1 rings (SSSR count). The molecule has 1 N–H and O–H groups in total.